The third kappa shape index (κ3) is 117. The SMILES string of the molecule is ClC(Cl)Cl.[Cl][Ge]([Cl])([Cl])[Cl]. The van der Waals surface area contributed by atoms with E-state index in [-0.39, 0.29) is 0 Å². The van der Waals surface area contributed by atoms with E-state index in [1.54, 1.807) is 0 Å². The average molecular weight is 334 g/mol. The first-order valence-corrected chi connectivity index (χ1v) is 13.7. The summed E-state index contributed by atoms with van der Waals surface area (Å²) in [5.74, 6) is 0. The van der Waals surface area contributed by atoms with E-state index in [4.69, 9.17) is 74.8 Å². The van der Waals surface area contributed by atoms with Crippen LogP contribution in [0.3, 0.4) is 0 Å². The molecule has 0 fully saturated rings. The summed E-state index contributed by atoms with van der Waals surface area (Å²) in [6.07, 6.45) is 0. The van der Waals surface area contributed by atoms with Crippen LogP contribution in [0, 0.1) is 0 Å². The third-order valence-corrected chi connectivity index (χ3v) is 0. The topological polar surface area (TPSA) is 0 Å². The minimum absolute atomic E-state index is 0.750. The van der Waals surface area contributed by atoms with Gasteiger partial charge in [0.1, 0.15) is 0 Å². The van der Waals surface area contributed by atoms with Crippen molar-refractivity contribution in [1.82, 2.24) is 0 Å². The first-order valence-electron chi connectivity index (χ1n) is 1.41. The minimum atomic E-state index is -3.11. The fourth-order valence-corrected chi connectivity index (χ4v) is 0. The van der Waals surface area contributed by atoms with Gasteiger partial charge in [0.05, 0.1) is 0 Å². The van der Waals surface area contributed by atoms with Gasteiger partial charge in [-0.15, -0.1) is 0 Å². The van der Waals surface area contributed by atoms with Crippen LogP contribution < -0.4 is 0 Å². The molecule has 9 heavy (non-hydrogen) atoms. The van der Waals surface area contributed by atoms with Crippen molar-refractivity contribution in [2.24, 2.45) is 0 Å². The predicted molar refractivity (Wildman–Crippen MR) is 50.5 cm³/mol. The van der Waals surface area contributed by atoms with Gasteiger partial charge in [-0.05, 0) is 0 Å². The second-order valence-electron chi connectivity index (χ2n) is 0.676. The number of rotatable bonds is 0. The number of alkyl halides is 3. The zero-order valence-corrected chi connectivity index (χ0v) is 11.1. The van der Waals surface area contributed by atoms with Crippen molar-refractivity contribution >= 4 is 84.4 Å². The van der Waals surface area contributed by atoms with Crippen molar-refractivity contribution in [3.63, 3.8) is 0 Å². The maximum atomic E-state index is 5.01. The number of halogens is 7. The molecule has 0 bridgehead atoms. The molecule has 0 N–H and O–H groups in total. The standard InChI is InChI=1S/CHCl3.Cl4Ge/c2-1(3)4;1-5(2,3)4/h1H;. The van der Waals surface area contributed by atoms with Gasteiger partial charge >= 0.3 is 49.6 Å². The fraction of sp³-hybridized carbons (Fsp3) is 1.00. The molecular formula is CHCl7Ge. The molecule has 0 saturated carbocycles. The maximum absolute atomic E-state index is 5.01. The molecule has 0 heterocycles. The van der Waals surface area contributed by atoms with Gasteiger partial charge in [0.2, 0.25) is 0 Å². The van der Waals surface area contributed by atoms with Crippen LogP contribution in [-0.4, -0.2) is 13.8 Å². The van der Waals surface area contributed by atoms with Crippen LogP contribution in [0.4, 0.5) is 0 Å². The Labute approximate surface area is 87.7 Å². The van der Waals surface area contributed by atoms with Crippen LogP contribution in [0.2, 0.25) is 0 Å². The molecule has 0 amide bonds. The van der Waals surface area contributed by atoms with Gasteiger partial charge in [0.25, 0.3) is 0 Å². The first kappa shape index (κ1) is 14.1. The van der Waals surface area contributed by atoms with Crippen molar-refractivity contribution in [3.05, 3.63) is 0 Å². The molecule has 0 atom stereocenters. The van der Waals surface area contributed by atoms with Gasteiger partial charge in [-0.2, -0.15) is 0 Å². The molecule has 0 aliphatic heterocycles. The van der Waals surface area contributed by atoms with Crippen LogP contribution in [0.15, 0.2) is 0 Å². The van der Waals surface area contributed by atoms with Crippen molar-refractivity contribution in [2.75, 3.05) is 0 Å². The Hall–Kier alpha value is 2.57. The summed E-state index contributed by atoms with van der Waals surface area (Å²) >= 11 is 14.4. The van der Waals surface area contributed by atoms with Crippen molar-refractivity contribution in [2.45, 2.75) is 4.30 Å². The summed E-state index contributed by atoms with van der Waals surface area (Å²) in [6, 6.07) is 0. The zero-order chi connectivity index (χ0) is 8.08. The van der Waals surface area contributed by atoms with Crippen molar-refractivity contribution in [3.8, 4) is 0 Å². The molecule has 0 aliphatic carbocycles. The zero-order valence-electron chi connectivity index (χ0n) is 3.72. The van der Waals surface area contributed by atoms with E-state index >= 15 is 0 Å². The molecule has 58 valence electrons. The van der Waals surface area contributed by atoms with Crippen molar-refractivity contribution in [1.29, 1.82) is 0 Å². The summed E-state index contributed by atoms with van der Waals surface area (Å²) < 4.78 is -0.750. The molecule has 0 saturated heterocycles. The van der Waals surface area contributed by atoms with E-state index in [9.17, 15) is 0 Å². The molecule has 0 spiro atoms. The molecule has 0 radical (unpaired) electrons. The van der Waals surface area contributed by atoms with Crippen LogP contribution in [0.1, 0.15) is 0 Å². The van der Waals surface area contributed by atoms with Gasteiger partial charge in [-0.3, -0.25) is 0 Å². The van der Waals surface area contributed by atoms with Crippen LogP contribution in [0.5, 0.6) is 0 Å². The van der Waals surface area contributed by atoms with Gasteiger partial charge in [-0.25, -0.2) is 0 Å². The Morgan fingerprint density at radius 3 is 0.778 bits per heavy atom. The van der Waals surface area contributed by atoms with Crippen LogP contribution in [-0.2, 0) is 0 Å². The monoisotopic (exact) mass is 332 g/mol. The summed E-state index contributed by atoms with van der Waals surface area (Å²) in [6.45, 7) is 0. The van der Waals surface area contributed by atoms with E-state index in [0.29, 0.717) is 0 Å². The molecule has 0 aromatic rings. The van der Waals surface area contributed by atoms with Crippen LogP contribution >= 0.6 is 74.8 Å². The Bertz CT molecular complexity index is 45.7. The summed E-state index contributed by atoms with van der Waals surface area (Å²) in [5.41, 5.74) is 0. The third-order valence-electron chi connectivity index (χ3n) is 0. The average Bonchev–Trinajstić information content (AvgIpc) is 1.19. The van der Waals surface area contributed by atoms with Gasteiger partial charge in [0.15, 0.2) is 4.30 Å². The molecule has 0 unspecified atom stereocenters. The number of hydrogen-bond acceptors (Lipinski definition) is 0. The summed E-state index contributed by atoms with van der Waals surface area (Å²) in [4.78, 5) is 0. The van der Waals surface area contributed by atoms with E-state index in [0.717, 1.165) is 0 Å². The Balaban J connectivity index is 0. The molecule has 0 rings (SSSR count). The molecule has 0 aliphatic rings. The van der Waals surface area contributed by atoms with Gasteiger partial charge in [0, 0.05) is 0 Å². The molecular weight excluding hydrogens is 333 g/mol. The van der Waals surface area contributed by atoms with Gasteiger partial charge < -0.3 is 0 Å². The summed E-state index contributed by atoms with van der Waals surface area (Å²) in [7, 11) is 16.9. The van der Waals surface area contributed by atoms with Gasteiger partial charge in [-0.1, -0.05) is 34.8 Å². The van der Waals surface area contributed by atoms with E-state index < -0.39 is 13.8 Å². The molecule has 0 aromatic heterocycles. The summed E-state index contributed by atoms with van der Waals surface area (Å²) in [5, 5.41) is 0. The second-order valence-corrected chi connectivity index (χ2v) is 22.3. The Morgan fingerprint density at radius 1 is 0.778 bits per heavy atom. The van der Waals surface area contributed by atoms with Crippen molar-refractivity contribution < 1.29 is 0 Å². The molecule has 0 nitrogen and oxygen atoms in total. The fourth-order valence-electron chi connectivity index (χ4n) is 0. The number of hydrogen-bond donors (Lipinski definition) is 0. The van der Waals surface area contributed by atoms with E-state index in [1.807, 2.05) is 0 Å². The first-order chi connectivity index (χ1) is 3.73. The van der Waals surface area contributed by atoms with E-state index in [2.05, 4.69) is 0 Å². The molecule has 8 heteroatoms. The van der Waals surface area contributed by atoms with E-state index in [1.165, 1.54) is 0 Å². The van der Waals surface area contributed by atoms with Crippen LogP contribution in [0.25, 0.3) is 0 Å². The quantitative estimate of drug-likeness (QED) is 0.456. The Kier molecular flexibility index (Phi) is 11.3. The predicted octanol–water partition coefficient (Wildman–Crippen LogP) is 4.36. The second kappa shape index (κ2) is 7.23. The normalized spacial score (nSPS) is 10.7. The Morgan fingerprint density at radius 2 is 0.778 bits per heavy atom. The molecule has 0 aromatic carbocycles.